The molecule has 3 nitrogen and oxygen atoms in total. The zero-order chi connectivity index (χ0) is 12.0. The highest BCUT2D eigenvalue weighted by molar-refractivity contribution is 14.1. The Bertz CT molecular complexity index is 355. The largest absolute Gasteiger partial charge is 0.396 e. The van der Waals surface area contributed by atoms with Crippen molar-refractivity contribution in [2.75, 3.05) is 13.2 Å². The lowest BCUT2D eigenvalue weighted by Crippen LogP contribution is -2.29. The summed E-state index contributed by atoms with van der Waals surface area (Å²) < 4.78 is 0.951. The maximum atomic E-state index is 11.8. The van der Waals surface area contributed by atoms with Crippen LogP contribution in [0.5, 0.6) is 0 Å². The van der Waals surface area contributed by atoms with Gasteiger partial charge in [0.05, 0.1) is 5.56 Å². The Labute approximate surface area is 109 Å². The first-order valence-corrected chi connectivity index (χ1v) is 6.36. The summed E-state index contributed by atoms with van der Waals surface area (Å²) in [5.74, 6) is 0.255. The van der Waals surface area contributed by atoms with Gasteiger partial charge in [-0.25, -0.2) is 0 Å². The number of nitrogens with one attached hydrogen (secondary N) is 1. The Kier molecular flexibility index (Phi) is 5.76. The van der Waals surface area contributed by atoms with E-state index in [1.165, 1.54) is 0 Å². The summed E-state index contributed by atoms with van der Waals surface area (Å²) >= 11 is 2.15. The van der Waals surface area contributed by atoms with Gasteiger partial charge in [0.2, 0.25) is 0 Å². The standard InChI is InChI=1S/C12H16INO2/c1-9(6-7-15)8-14-12(16)10-4-2-3-5-11(10)13/h2-5,9,15H,6-8H2,1H3,(H,14,16). The van der Waals surface area contributed by atoms with Crippen molar-refractivity contribution in [1.82, 2.24) is 5.32 Å². The third-order valence-electron chi connectivity index (χ3n) is 2.35. The fraction of sp³-hybridized carbons (Fsp3) is 0.417. The van der Waals surface area contributed by atoms with Crippen molar-refractivity contribution >= 4 is 28.5 Å². The van der Waals surface area contributed by atoms with Crippen molar-refractivity contribution in [3.63, 3.8) is 0 Å². The second-order valence-corrected chi connectivity index (χ2v) is 4.97. The van der Waals surface area contributed by atoms with Crippen molar-refractivity contribution in [3.8, 4) is 0 Å². The molecule has 0 heterocycles. The molecule has 0 aliphatic heterocycles. The number of amides is 1. The van der Waals surface area contributed by atoms with Gasteiger partial charge < -0.3 is 10.4 Å². The molecule has 0 bridgehead atoms. The summed E-state index contributed by atoms with van der Waals surface area (Å²) in [5, 5.41) is 11.6. The number of aliphatic hydroxyl groups excluding tert-OH is 1. The fourth-order valence-corrected chi connectivity index (χ4v) is 1.96. The van der Waals surface area contributed by atoms with Gasteiger partial charge in [-0.3, -0.25) is 4.79 Å². The van der Waals surface area contributed by atoms with Crippen LogP contribution in [-0.4, -0.2) is 24.2 Å². The Morgan fingerprint density at radius 2 is 2.19 bits per heavy atom. The number of rotatable bonds is 5. The van der Waals surface area contributed by atoms with Crippen LogP contribution >= 0.6 is 22.6 Å². The van der Waals surface area contributed by atoms with E-state index in [4.69, 9.17) is 5.11 Å². The van der Waals surface area contributed by atoms with Crippen molar-refractivity contribution in [2.24, 2.45) is 5.92 Å². The van der Waals surface area contributed by atoms with Gasteiger partial charge in [0.1, 0.15) is 0 Å². The molecule has 0 saturated carbocycles. The van der Waals surface area contributed by atoms with E-state index < -0.39 is 0 Å². The molecule has 1 aromatic rings. The van der Waals surface area contributed by atoms with Gasteiger partial charge in [-0.15, -0.1) is 0 Å². The lowest BCUT2D eigenvalue weighted by Gasteiger charge is -2.11. The Morgan fingerprint density at radius 1 is 1.50 bits per heavy atom. The number of aliphatic hydroxyl groups is 1. The number of carbonyl (C=O) groups is 1. The van der Waals surface area contributed by atoms with E-state index >= 15 is 0 Å². The normalized spacial score (nSPS) is 12.2. The van der Waals surface area contributed by atoms with Crippen LogP contribution in [0.15, 0.2) is 24.3 Å². The number of carbonyl (C=O) groups excluding carboxylic acids is 1. The van der Waals surface area contributed by atoms with Crippen molar-refractivity contribution in [2.45, 2.75) is 13.3 Å². The molecular weight excluding hydrogens is 317 g/mol. The quantitative estimate of drug-likeness (QED) is 0.811. The van der Waals surface area contributed by atoms with Gasteiger partial charge in [0.15, 0.2) is 0 Å². The SMILES string of the molecule is CC(CCO)CNC(=O)c1ccccc1I. The van der Waals surface area contributed by atoms with Crippen molar-refractivity contribution in [3.05, 3.63) is 33.4 Å². The minimum absolute atomic E-state index is 0.0465. The monoisotopic (exact) mass is 333 g/mol. The first kappa shape index (κ1) is 13.4. The second-order valence-electron chi connectivity index (χ2n) is 3.81. The third kappa shape index (κ3) is 4.09. The van der Waals surface area contributed by atoms with Crippen LogP contribution in [0.3, 0.4) is 0 Å². The molecule has 2 N–H and O–H groups in total. The van der Waals surface area contributed by atoms with Crippen molar-refractivity contribution < 1.29 is 9.90 Å². The maximum absolute atomic E-state index is 11.8. The minimum Gasteiger partial charge on any atom is -0.396 e. The zero-order valence-electron chi connectivity index (χ0n) is 9.24. The second kappa shape index (κ2) is 6.85. The predicted octanol–water partition coefficient (Wildman–Crippen LogP) is 2.04. The van der Waals surface area contributed by atoms with E-state index in [1.807, 2.05) is 31.2 Å². The van der Waals surface area contributed by atoms with E-state index in [-0.39, 0.29) is 12.5 Å². The molecule has 16 heavy (non-hydrogen) atoms. The van der Waals surface area contributed by atoms with Crippen molar-refractivity contribution in [1.29, 1.82) is 0 Å². The topological polar surface area (TPSA) is 49.3 Å². The van der Waals surface area contributed by atoms with Gasteiger partial charge in [-0.05, 0) is 47.1 Å². The van der Waals surface area contributed by atoms with E-state index in [2.05, 4.69) is 27.9 Å². The smallest absolute Gasteiger partial charge is 0.252 e. The summed E-state index contributed by atoms with van der Waals surface area (Å²) in [7, 11) is 0. The van der Waals surface area contributed by atoms with Gasteiger partial charge in [-0.1, -0.05) is 19.1 Å². The molecule has 0 radical (unpaired) electrons. The average molecular weight is 333 g/mol. The molecule has 0 fully saturated rings. The molecule has 1 rings (SSSR count). The molecule has 0 aliphatic carbocycles. The number of hydrogen-bond donors (Lipinski definition) is 2. The summed E-state index contributed by atoms with van der Waals surface area (Å²) in [4.78, 5) is 11.8. The number of halogens is 1. The van der Waals surface area contributed by atoms with Crippen LogP contribution in [0, 0.1) is 9.49 Å². The molecule has 88 valence electrons. The first-order chi connectivity index (χ1) is 7.65. The molecule has 0 saturated heterocycles. The van der Waals surface area contributed by atoms with Gasteiger partial charge >= 0.3 is 0 Å². The maximum Gasteiger partial charge on any atom is 0.252 e. The van der Waals surface area contributed by atoms with E-state index in [0.29, 0.717) is 24.4 Å². The first-order valence-electron chi connectivity index (χ1n) is 5.28. The predicted molar refractivity (Wildman–Crippen MR) is 72.4 cm³/mol. The van der Waals surface area contributed by atoms with Crippen LogP contribution in [0.1, 0.15) is 23.7 Å². The molecule has 4 heteroatoms. The fourth-order valence-electron chi connectivity index (χ4n) is 1.33. The van der Waals surface area contributed by atoms with Crippen LogP contribution in [0.4, 0.5) is 0 Å². The molecule has 1 amide bonds. The number of benzene rings is 1. The Balaban J connectivity index is 2.50. The zero-order valence-corrected chi connectivity index (χ0v) is 11.4. The summed E-state index contributed by atoms with van der Waals surface area (Å²) in [6.45, 7) is 2.77. The summed E-state index contributed by atoms with van der Waals surface area (Å²) in [6.07, 6.45) is 0.714. The third-order valence-corrected chi connectivity index (χ3v) is 3.29. The highest BCUT2D eigenvalue weighted by Gasteiger charge is 2.09. The number of hydrogen-bond acceptors (Lipinski definition) is 2. The van der Waals surface area contributed by atoms with Crippen LogP contribution < -0.4 is 5.32 Å². The van der Waals surface area contributed by atoms with Crippen LogP contribution in [0.2, 0.25) is 0 Å². The highest BCUT2D eigenvalue weighted by atomic mass is 127. The Hall–Kier alpha value is -0.620. The lowest BCUT2D eigenvalue weighted by molar-refractivity contribution is 0.0944. The summed E-state index contributed by atoms with van der Waals surface area (Å²) in [5.41, 5.74) is 0.708. The van der Waals surface area contributed by atoms with Gasteiger partial charge in [-0.2, -0.15) is 0 Å². The van der Waals surface area contributed by atoms with Crippen LogP contribution in [-0.2, 0) is 0 Å². The minimum atomic E-state index is -0.0465. The summed E-state index contributed by atoms with van der Waals surface area (Å²) in [6, 6.07) is 7.49. The van der Waals surface area contributed by atoms with Gasteiger partial charge in [0.25, 0.3) is 5.91 Å². The molecule has 1 atom stereocenters. The average Bonchev–Trinajstić information content (AvgIpc) is 2.27. The molecule has 0 spiro atoms. The van der Waals surface area contributed by atoms with E-state index in [0.717, 1.165) is 3.57 Å². The lowest BCUT2D eigenvalue weighted by atomic mass is 10.1. The van der Waals surface area contributed by atoms with E-state index in [9.17, 15) is 4.79 Å². The highest BCUT2D eigenvalue weighted by Crippen LogP contribution is 2.11. The molecule has 0 aromatic heterocycles. The van der Waals surface area contributed by atoms with E-state index in [1.54, 1.807) is 0 Å². The molecule has 0 aliphatic rings. The molecule has 1 unspecified atom stereocenters. The molecular formula is C12H16INO2. The van der Waals surface area contributed by atoms with Crippen LogP contribution in [0.25, 0.3) is 0 Å². The molecule has 1 aromatic carbocycles. The Morgan fingerprint density at radius 3 is 2.81 bits per heavy atom. The van der Waals surface area contributed by atoms with Gasteiger partial charge in [0, 0.05) is 16.7 Å².